The molecule has 2 bridgehead atoms. The Morgan fingerprint density at radius 3 is 1.92 bits per heavy atom. The van der Waals surface area contributed by atoms with Crippen molar-refractivity contribution in [1.29, 1.82) is 0 Å². The molecular formula is C15H19N2O9+. The summed E-state index contributed by atoms with van der Waals surface area (Å²) in [6, 6.07) is -3.56. The summed E-state index contributed by atoms with van der Waals surface area (Å²) in [4.78, 5) is 50.2. The van der Waals surface area contributed by atoms with Crippen molar-refractivity contribution in [3.05, 3.63) is 11.8 Å². The maximum Gasteiger partial charge on any atom is 0.363 e. The van der Waals surface area contributed by atoms with Crippen LogP contribution in [0.2, 0.25) is 0 Å². The van der Waals surface area contributed by atoms with Gasteiger partial charge in [0.15, 0.2) is 0 Å². The van der Waals surface area contributed by atoms with Crippen LogP contribution in [0.5, 0.6) is 0 Å². The third-order valence-corrected chi connectivity index (χ3v) is 4.79. The van der Waals surface area contributed by atoms with Gasteiger partial charge in [-0.15, -0.1) is 0 Å². The maximum atomic E-state index is 11.8. The van der Waals surface area contributed by atoms with Gasteiger partial charge in [-0.3, -0.25) is 14.1 Å². The van der Waals surface area contributed by atoms with Gasteiger partial charge in [-0.2, -0.15) is 0 Å². The second-order valence-corrected chi connectivity index (χ2v) is 6.58. The van der Waals surface area contributed by atoms with Crippen LogP contribution in [-0.2, 0) is 19.2 Å². The van der Waals surface area contributed by atoms with Gasteiger partial charge in [0.2, 0.25) is 17.9 Å². The molecular weight excluding hydrogens is 352 g/mol. The molecule has 0 aromatic heterocycles. The van der Waals surface area contributed by atoms with Gasteiger partial charge in [0.1, 0.15) is 25.0 Å². The Morgan fingerprint density at radius 2 is 1.54 bits per heavy atom. The number of carboxylic acids is 4. The lowest BCUT2D eigenvalue weighted by molar-refractivity contribution is -0.870. The van der Waals surface area contributed by atoms with Crippen molar-refractivity contribution >= 4 is 29.7 Å². The van der Waals surface area contributed by atoms with Gasteiger partial charge >= 0.3 is 23.9 Å². The summed E-state index contributed by atoms with van der Waals surface area (Å²) in [6.07, 6.45) is -0.732. The number of aliphatic imine (C=N–C) groups is 1. The van der Waals surface area contributed by atoms with Crippen molar-refractivity contribution in [2.24, 2.45) is 4.99 Å². The summed E-state index contributed by atoms with van der Waals surface area (Å²) < 4.78 is -0.983. The molecule has 142 valence electrons. The molecule has 11 nitrogen and oxygen atoms in total. The Hall–Kier alpha value is -2.79. The lowest BCUT2D eigenvalue weighted by atomic mass is 9.97. The summed E-state index contributed by atoms with van der Waals surface area (Å²) in [6.45, 7) is 1.12. The minimum atomic E-state index is -1.78. The fourth-order valence-corrected chi connectivity index (χ4v) is 3.60. The van der Waals surface area contributed by atoms with E-state index in [2.05, 4.69) is 4.99 Å². The molecule has 0 aromatic rings. The van der Waals surface area contributed by atoms with Crippen LogP contribution in [0, 0.1) is 0 Å². The van der Waals surface area contributed by atoms with Gasteiger partial charge in [-0.1, -0.05) is 0 Å². The van der Waals surface area contributed by atoms with Crippen LogP contribution in [0.15, 0.2) is 16.8 Å². The normalized spacial score (nSPS) is 29.3. The first-order chi connectivity index (χ1) is 11.9. The van der Waals surface area contributed by atoms with Crippen molar-refractivity contribution in [3.63, 3.8) is 0 Å². The first-order valence-electron chi connectivity index (χ1n) is 7.69. The van der Waals surface area contributed by atoms with Gasteiger partial charge in [0.05, 0.1) is 12.1 Å². The van der Waals surface area contributed by atoms with Crippen molar-refractivity contribution < 1.29 is 49.2 Å². The van der Waals surface area contributed by atoms with E-state index in [9.17, 15) is 34.5 Å². The van der Waals surface area contributed by atoms with E-state index in [1.807, 2.05) is 0 Å². The molecule has 2 aliphatic rings. The zero-order valence-electron chi connectivity index (χ0n) is 13.8. The fraction of sp³-hybridized carbons (Fsp3) is 0.533. The smallest absolute Gasteiger partial charge is 0.363 e. The number of nitrogens with zero attached hydrogens (tertiary/aromatic N) is 2. The molecule has 0 spiro atoms. The summed E-state index contributed by atoms with van der Waals surface area (Å²) in [5.41, 5.74) is -1.24. The van der Waals surface area contributed by atoms with E-state index in [1.165, 1.54) is 13.0 Å². The Kier molecular flexibility index (Phi) is 4.88. The largest absolute Gasteiger partial charge is 0.481 e. The zero-order chi connectivity index (χ0) is 19.9. The molecule has 2 heterocycles. The average molecular weight is 371 g/mol. The Balaban J connectivity index is 2.67. The molecule has 26 heavy (non-hydrogen) atoms. The monoisotopic (exact) mass is 371 g/mol. The highest BCUT2D eigenvalue weighted by molar-refractivity contribution is 5.91. The van der Waals surface area contributed by atoms with Crippen LogP contribution in [0.25, 0.3) is 0 Å². The van der Waals surface area contributed by atoms with Crippen LogP contribution in [0.1, 0.15) is 26.2 Å². The van der Waals surface area contributed by atoms with Crippen molar-refractivity contribution in [2.75, 3.05) is 6.54 Å². The van der Waals surface area contributed by atoms with Gasteiger partial charge in [0.25, 0.3) is 0 Å². The molecule has 0 saturated carbocycles. The van der Waals surface area contributed by atoms with Crippen molar-refractivity contribution in [3.8, 4) is 0 Å². The topological polar surface area (TPSA) is 182 Å². The second kappa shape index (κ2) is 6.50. The van der Waals surface area contributed by atoms with E-state index in [4.69, 9.17) is 10.2 Å². The molecule has 2 aliphatic heterocycles. The summed E-state index contributed by atoms with van der Waals surface area (Å²) in [5.74, 6) is -6.18. The SMILES string of the molecule is CC1(O)CC2=NC1=CC[N+]2(C(CC(=O)O)C(=O)O)C(CC(=O)O)C(=O)O. The van der Waals surface area contributed by atoms with Crippen LogP contribution in [-0.4, -0.2) is 84.0 Å². The minimum absolute atomic E-state index is 0.0465. The average Bonchev–Trinajstić information content (AvgIpc) is 2.74. The zero-order valence-corrected chi connectivity index (χ0v) is 13.8. The number of aliphatic carboxylic acids is 4. The highest BCUT2D eigenvalue weighted by Gasteiger charge is 2.60. The molecule has 11 heteroatoms. The maximum absolute atomic E-state index is 11.8. The number of hydrogen-bond donors (Lipinski definition) is 5. The Morgan fingerprint density at radius 1 is 1.08 bits per heavy atom. The minimum Gasteiger partial charge on any atom is -0.481 e. The van der Waals surface area contributed by atoms with E-state index in [-0.39, 0.29) is 24.5 Å². The molecule has 0 radical (unpaired) electrons. The first kappa shape index (κ1) is 19.5. The van der Waals surface area contributed by atoms with Crippen LogP contribution < -0.4 is 0 Å². The van der Waals surface area contributed by atoms with Crippen LogP contribution >= 0.6 is 0 Å². The molecule has 2 rings (SSSR count). The molecule has 3 atom stereocenters. The second-order valence-electron chi connectivity index (χ2n) is 6.58. The van der Waals surface area contributed by atoms with Gasteiger partial charge < -0.3 is 25.5 Å². The third-order valence-electron chi connectivity index (χ3n) is 4.79. The van der Waals surface area contributed by atoms with E-state index >= 15 is 0 Å². The number of rotatable bonds is 8. The molecule has 0 amide bonds. The number of hydrogen-bond acceptors (Lipinski definition) is 6. The van der Waals surface area contributed by atoms with E-state index in [0.717, 1.165) is 0 Å². The number of fused-ring (bicyclic) bond motifs is 1. The predicted octanol–water partition coefficient (Wildman–Crippen LogP) is -0.890. The lowest BCUT2D eigenvalue weighted by Gasteiger charge is -2.44. The Labute approximate surface area is 147 Å². The van der Waals surface area contributed by atoms with Crippen molar-refractivity contribution in [1.82, 2.24) is 0 Å². The fourth-order valence-electron chi connectivity index (χ4n) is 3.60. The molecule has 0 saturated heterocycles. The first-order valence-corrected chi connectivity index (χ1v) is 7.69. The number of carboxylic acid groups (broad SMARTS) is 4. The van der Waals surface area contributed by atoms with Gasteiger partial charge in [-0.25, -0.2) is 14.6 Å². The molecule has 0 fully saturated rings. The van der Waals surface area contributed by atoms with Gasteiger partial charge in [-0.05, 0) is 13.0 Å². The van der Waals surface area contributed by atoms with Crippen molar-refractivity contribution in [2.45, 2.75) is 43.9 Å². The van der Waals surface area contributed by atoms with E-state index in [1.54, 1.807) is 0 Å². The number of carbonyl (C=O) groups is 4. The molecule has 0 aliphatic carbocycles. The number of quaternary nitrogens is 1. The van der Waals surface area contributed by atoms with E-state index in [0.29, 0.717) is 0 Å². The summed E-state index contributed by atoms with van der Waals surface area (Å²) in [7, 11) is 0. The predicted molar refractivity (Wildman–Crippen MR) is 83.2 cm³/mol. The summed E-state index contributed by atoms with van der Waals surface area (Å²) in [5, 5.41) is 47.8. The standard InChI is InChI=1S/C15H18N2O9/c1-15(26)6-10-16-9(15)2-3-17(10,7(13(22)23)4-11(18)19)8(14(24)25)5-12(20)21/h2,7-8,26H,3-6H2,1H3,(H3-,18,19,20,21,22,23,24,25)/p+1. The van der Waals surface area contributed by atoms with E-state index < -0.39 is 58.9 Å². The molecule has 0 aromatic carbocycles. The lowest BCUT2D eigenvalue weighted by Crippen LogP contribution is -2.70. The van der Waals surface area contributed by atoms with Gasteiger partial charge in [0, 0.05) is 0 Å². The highest BCUT2D eigenvalue weighted by atomic mass is 16.4. The Bertz CT molecular complexity index is 703. The quantitative estimate of drug-likeness (QED) is 0.338. The summed E-state index contributed by atoms with van der Waals surface area (Å²) >= 11 is 0. The van der Waals surface area contributed by atoms with Crippen LogP contribution in [0.3, 0.4) is 0 Å². The number of aliphatic hydroxyl groups is 1. The van der Waals surface area contributed by atoms with Crippen LogP contribution in [0.4, 0.5) is 0 Å². The third kappa shape index (κ3) is 3.18. The number of amidine groups is 1. The highest BCUT2D eigenvalue weighted by Crippen LogP contribution is 2.41. The molecule has 5 N–H and O–H groups in total. The molecule has 3 unspecified atom stereocenters.